The molecule has 1 unspecified atom stereocenters. The van der Waals surface area contributed by atoms with E-state index in [0.717, 1.165) is 20.9 Å². The van der Waals surface area contributed by atoms with Crippen molar-refractivity contribution in [2.24, 2.45) is 5.41 Å². The van der Waals surface area contributed by atoms with Crippen LogP contribution in [-0.4, -0.2) is 40.2 Å². The molecule has 4 rings (SSSR count). The molecular weight excluding hydrogens is 482 g/mol. The number of halogens is 1. The van der Waals surface area contributed by atoms with Crippen LogP contribution in [0.3, 0.4) is 0 Å². The number of aromatic amines is 1. The Morgan fingerprint density at radius 1 is 1.12 bits per heavy atom. The Morgan fingerprint density at radius 2 is 1.82 bits per heavy atom. The van der Waals surface area contributed by atoms with E-state index >= 15 is 0 Å². The van der Waals surface area contributed by atoms with Gasteiger partial charge in [-0.05, 0) is 47.7 Å². The maximum absolute atomic E-state index is 13.4. The van der Waals surface area contributed by atoms with Crippen LogP contribution in [0.4, 0.5) is 5.69 Å². The predicted octanol–water partition coefficient (Wildman–Crippen LogP) is 5.07. The molecule has 1 aliphatic heterocycles. The van der Waals surface area contributed by atoms with E-state index in [9.17, 15) is 14.4 Å². The van der Waals surface area contributed by atoms with Crippen LogP contribution in [0, 0.1) is 5.41 Å². The standard InChI is InChI=1S/C26H28BrN3O3/c1-26(2,3)15-24(32)29(13-12-17-16-28-21-7-5-4-6-20(17)21)22-14-23(31)30(25(22)33)19-10-8-18(27)9-11-19/h4-11,16,22,28H,12-15H2,1-3H3. The number of imide groups is 1. The molecule has 2 aromatic carbocycles. The second-order valence-corrected chi connectivity index (χ2v) is 10.6. The lowest BCUT2D eigenvalue weighted by Gasteiger charge is -2.30. The van der Waals surface area contributed by atoms with Crippen LogP contribution >= 0.6 is 15.9 Å². The summed E-state index contributed by atoms with van der Waals surface area (Å²) in [6.45, 7) is 6.37. The average molecular weight is 510 g/mol. The van der Waals surface area contributed by atoms with E-state index in [2.05, 4.69) is 20.9 Å². The van der Waals surface area contributed by atoms with Gasteiger partial charge in [0.25, 0.3) is 5.91 Å². The van der Waals surface area contributed by atoms with Crippen LogP contribution in [0.2, 0.25) is 0 Å². The SMILES string of the molecule is CC(C)(C)CC(=O)N(CCc1c[nH]c2ccccc12)C1CC(=O)N(c2ccc(Br)cc2)C1=O. The number of carbonyl (C=O) groups excluding carboxylic acids is 3. The van der Waals surface area contributed by atoms with Crippen molar-refractivity contribution in [3.63, 3.8) is 0 Å². The van der Waals surface area contributed by atoms with Crippen molar-refractivity contribution in [3.05, 3.63) is 64.8 Å². The summed E-state index contributed by atoms with van der Waals surface area (Å²) in [4.78, 5) is 45.7. The summed E-state index contributed by atoms with van der Waals surface area (Å²) in [7, 11) is 0. The van der Waals surface area contributed by atoms with Gasteiger partial charge in [-0.25, -0.2) is 4.90 Å². The van der Waals surface area contributed by atoms with Crippen molar-refractivity contribution in [1.29, 1.82) is 0 Å². The highest BCUT2D eigenvalue weighted by Crippen LogP contribution is 2.29. The van der Waals surface area contributed by atoms with Gasteiger partial charge >= 0.3 is 0 Å². The van der Waals surface area contributed by atoms with Gasteiger partial charge < -0.3 is 9.88 Å². The summed E-state index contributed by atoms with van der Waals surface area (Å²) in [5, 5.41) is 1.10. The third-order valence-corrected chi connectivity index (χ3v) is 6.41. The van der Waals surface area contributed by atoms with Gasteiger partial charge in [-0.15, -0.1) is 0 Å². The van der Waals surface area contributed by atoms with Crippen molar-refractivity contribution < 1.29 is 14.4 Å². The highest BCUT2D eigenvalue weighted by molar-refractivity contribution is 9.10. The molecule has 1 fully saturated rings. The van der Waals surface area contributed by atoms with E-state index in [-0.39, 0.29) is 29.6 Å². The largest absolute Gasteiger partial charge is 0.361 e. The third kappa shape index (κ3) is 5.03. The predicted molar refractivity (Wildman–Crippen MR) is 133 cm³/mol. The zero-order chi connectivity index (χ0) is 23.8. The smallest absolute Gasteiger partial charge is 0.257 e. The van der Waals surface area contributed by atoms with Crippen LogP contribution in [0.1, 0.15) is 39.2 Å². The molecule has 6 nitrogen and oxygen atoms in total. The maximum Gasteiger partial charge on any atom is 0.257 e. The lowest BCUT2D eigenvalue weighted by Crippen LogP contribution is -2.47. The number of hydrogen-bond donors (Lipinski definition) is 1. The molecule has 3 aromatic rings. The summed E-state index contributed by atoms with van der Waals surface area (Å²) in [5.74, 6) is -0.734. The molecule has 1 N–H and O–H groups in total. The first kappa shape index (κ1) is 23.2. The lowest BCUT2D eigenvalue weighted by molar-refractivity contribution is -0.139. The molecule has 0 radical (unpaired) electrons. The fourth-order valence-electron chi connectivity index (χ4n) is 4.31. The van der Waals surface area contributed by atoms with Crippen LogP contribution in [0.15, 0.2) is 59.2 Å². The minimum absolute atomic E-state index is 0.00132. The Kier molecular flexibility index (Phi) is 6.43. The van der Waals surface area contributed by atoms with Crippen LogP contribution in [-0.2, 0) is 20.8 Å². The molecule has 172 valence electrons. The molecule has 7 heteroatoms. The molecule has 0 spiro atoms. The van der Waals surface area contributed by atoms with E-state index in [1.54, 1.807) is 29.2 Å². The molecule has 1 atom stereocenters. The Labute approximate surface area is 202 Å². The Bertz CT molecular complexity index is 1190. The summed E-state index contributed by atoms with van der Waals surface area (Å²) < 4.78 is 0.864. The van der Waals surface area contributed by atoms with Crippen molar-refractivity contribution in [2.75, 3.05) is 11.4 Å². The molecule has 33 heavy (non-hydrogen) atoms. The van der Waals surface area contributed by atoms with E-state index < -0.39 is 6.04 Å². The summed E-state index contributed by atoms with van der Waals surface area (Å²) in [6, 6.07) is 14.3. The number of hydrogen-bond acceptors (Lipinski definition) is 3. The number of amides is 3. The van der Waals surface area contributed by atoms with Crippen molar-refractivity contribution in [3.8, 4) is 0 Å². The number of H-pyrrole nitrogens is 1. The maximum atomic E-state index is 13.4. The van der Waals surface area contributed by atoms with Gasteiger partial charge in [-0.3, -0.25) is 14.4 Å². The lowest BCUT2D eigenvalue weighted by atomic mass is 9.91. The Morgan fingerprint density at radius 3 is 2.52 bits per heavy atom. The summed E-state index contributed by atoms with van der Waals surface area (Å²) in [5.41, 5.74) is 2.41. The summed E-state index contributed by atoms with van der Waals surface area (Å²) >= 11 is 3.38. The molecule has 2 heterocycles. The number of nitrogens with zero attached hydrogens (tertiary/aromatic N) is 2. The van der Waals surface area contributed by atoms with E-state index in [1.165, 1.54) is 4.90 Å². The molecule has 0 saturated carbocycles. The van der Waals surface area contributed by atoms with Crippen LogP contribution < -0.4 is 4.90 Å². The number of fused-ring (bicyclic) bond motifs is 1. The monoisotopic (exact) mass is 509 g/mol. The average Bonchev–Trinajstić information content (AvgIpc) is 3.29. The van der Waals surface area contributed by atoms with E-state index in [1.807, 2.05) is 51.2 Å². The second kappa shape index (κ2) is 9.14. The van der Waals surface area contributed by atoms with Gasteiger partial charge in [0.1, 0.15) is 6.04 Å². The highest BCUT2D eigenvalue weighted by Gasteiger charge is 2.44. The van der Waals surface area contributed by atoms with Gasteiger partial charge in [-0.1, -0.05) is 54.9 Å². The first-order valence-electron chi connectivity index (χ1n) is 11.1. The molecule has 1 aliphatic rings. The Hall–Kier alpha value is -2.93. The van der Waals surface area contributed by atoms with Crippen molar-refractivity contribution in [1.82, 2.24) is 9.88 Å². The zero-order valence-electron chi connectivity index (χ0n) is 19.1. The minimum Gasteiger partial charge on any atom is -0.361 e. The van der Waals surface area contributed by atoms with Gasteiger partial charge in [0.05, 0.1) is 12.1 Å². The van der Waals surface area contributed by atoms with Crippen molar-refractivity contribution >= 4 is 50.2 Å². The zero-order valence-corrected chi connectivity index (χ0v) is 20.7. The number of anilines is 1. The number of carbonyl (C=O) groups is 3. The third-order valence-electron chi connectivity index (χ3n) is 5.88. The Balaban J connectivity index is 1.60. The number of rotatable bonds is 6. The van der Waals surface area contributed by atoms with Gasteiger partial charge in [0, 0.05) is 34.5 Å². The number of para-hydroxylation sites is 1. The number of aromatic nitrogens is 1. The fraction of sp³-hybridized carbons (Fsp3) is 0.346. The number of nitrogens with one attached hydrogen (secondary N) is 1. The molecule has 1 saturated heterocycles. The quantitative estimate of drug-likeness (QED) is 0.471. The van der Waals surface area contributed by atoms with Crippen molar-refractivity contribution in [2.45, 2.75) is 46.1 Å². The first-order valence-corrected chi connectivity index (χ1v) is 11.9. The van der Waals surface area contributed by atoms with E-state index in [4.69, 9.17) is 0 Å². The molecule has 1 aromatic heterocycles. The normalized spacial score (nSPS) is 16.6. The topological polar surface area (TPSA) is 73.5 Å². The molecule has 0 bridgehead atoms. The molecule has 0 aliphatic carbocycles. The van der Waals surface area contributed by atoms with E-state index in [0.29, 0.717) is 25.1 Å². The van der Waals surface area contributed by atoms with Crippen LogP contribution in [0.25, 0.3) is 10.9 Å². The van der Waals surface area contributed by atoms with Gasteiger partial charge in [0.2, 0.25) is 11.8 Å². The fourth-order valence-corrected chi connectivity index (χ4v) is 4.57. The number of benzene rings is 2. The van der Waals surface area contributed by atoms with Gasteiger partial charge in [-0.2, -0.15) is 0 Å². The first-order chi connectivity index (χ1) is 15.6. The molecule has 3 amide bonds. The van der Waals surface area contributed by atoms with Crippen LogP contribution in [0.5, 0.6) is 0 Å². The summed E-state index contributed by atoms with van der Waals surface area (Å²) in [6.07, 6.45) is 2.85. The highest BCUT2D eigenvalue weighted by atomic mass is 79.9. The van der Waals surface area contributed by atoms with Gasteiger partial charge in [0.15, 0.2) is 0 Å². The minimum atomic E-state index is -0.791. The molecular formula is C26H28BrN3O3. The second-order valence-electron chi connectivity index (χ2n) is 9.70.